The Hall–Kier alpha value is -3.09. The molecular weight excluding hydrogens is 366 g/mol. The lowest BCUT2D eigenvalue weighted by Crippen LogP contribution is -2.41. The standard InChI is InChI=1S/C22H31N5O2/c1-5-17(4)29-20-12-16(3)9-10-18(20)13-25-22(24-6-2)26-15-21(28)27-19-8-7-11-23-14-19/h7-12,14,17H,5-6,13,15H2,1-4H3,(H,27,28)(H2,24,25,26). The van der Waals surface area contributed by atoms with E-state index in [4.69, 9.17) is 4.74 Å². The van der Waals surface area contributed by atoms with E-state index in [1.54, 1.807) is 24.5 Å². The zero-order chi connectivity index (χ0) is 21.1. The van der Waals surface area contributed by atoms with Gasteiger partial charge in [0.2, 0.25) is 5.91 Å². The monoisotopic (exact) mass is 397 g/mol. The summed E-state index contributed by atoms with van der Waals surface area (Å²) >= 11 is 0. The van der Waals surface area contributed by atoms with Gasteiger partial charge in [-0.25, -0.2) is 4.99 Å². The fourth-order valence-corrected chi connectivity index (χ4v) is 2.51. The van der Waals surface area contributed by atoms with Gasteiger partial charge < -0.3 is 20.7 Å². The maximum absolute atomic E-state index is 12.1. The first kappa shape index (κ1) is 22.2. The van der Waals surface area contributed by atoms with Gasteiger partial charge in [0.25, 0.3) is 0 Å². The van der Waals surface area contributed by atoms with E-state index in [0.717, 1.165) is 23.3 Å². The first-order chi connectivity index (χ1) is 14.0. The molecular formula is C22H31N5O2. The third kappa shape index (κ3) is 7.81. The van der Waals surface area contributed by atoms with Gasteiger partial charge >= 0.3 is 0 Å². The predicted molar refractivity (Wildman–Crippen MR) is 117 cm³/mol. The van der Waals surface area contributed by atoms with Crippen molar-refractivity contribution in [3.63, 3.8) is 0 Å². The van der Waals surface area contributed by atoms with Gasteiger partial charge in [-0.3, -0.25) is 9.78 Å². The molecule has 1 aromatic carbocycles. The van der Waals surface area contributed by atoms with Crippen LogP contribution in [0.1, 0.15) is 38.3 Å². The lowest BCUT2D eigenvalue weighted by molar-refractivity contribution is -0.115. The second-order valence-corrected chi connectivity index (χ2v) is 6.79. The highest BCUT2D eigenvalue weighted by Gasteiger charge is 2.09. The summed E-state index contributed by atoms with van der Waals surface area (Å²) in [5.41, 5.74) is 2.81. The Kier molecular flexibility index (Phi) is 8.95. The molecule has 0 saturated heterocycles. The van der Waals surface area contributed by atoms with E-state index in [1.165, 1.54) is 0 Å². The zero-order valence-corrected chi connectivity index (χ0v) is 17.7. The number of aromatic nitrogens is 1. The molecule has 1 aromatic heterocycles. The molecule has 156 valence electrons. The van der Waals surface area contributed by atoms with Gasteiger partial charge in [0.1, 0.15) is 5.75 Å². The number of ether oxygens (including phenoxy) is 1. The van der Waals surface area contributed by atoms with Crippen LogP contribution in [0.5, 0.6) is 5.75 Å². The van der Waals surface area contributed by atoms with Gasteiger partial charge in [0.15, 0.2) is 5.96 Å². The molecule has 3 N–H and O–H groups in total. The molecule has 0 aliphatic rings. The van der Waals surface area contributed by atoms with Crippen molar-refractivity contribution in [3.05, 3.63) is 53.9 Å². The minimum Gasteiger partial charge on any atom is -0.490 e. The Morgan fingerprint density at radius 3 is 2.76 bits per heavy atom. The van der Waals surface area contributed by atoms with E-state index in [9.17, 15) is 4.79 Å². The predicted octanol–water partition coefficient (Wildman–Crippen LogP) is 3.26. The van der Waals surface area contributed by atoms with E-state index < -0.39 is 0 Å². The first-order valence-electron chi connectivity index (χ1n) is 10.00. The zero-order valence-electron chi connectivity index (χ0n) is 17.7. The molecule has 1 heterocycles. The number of hydrogen-bond donors (Lipinski definition) is 3. The Morgan fingerprint density at radius 2 is 2.07 bits per heavy atom. The van der Waals surface area contributed by atoms with Crippen molar-refractivity contribution >= 4 is 17.6 Å². The summed E-state index contributed by atoms with van der Waals surface area (Å²) in [5, 5.41) is 9.01. The minimum absolute atomic E-state index is 0.102. The summed E-state index contributed by atoms with van der Waals surface area (Å²) in [7, 11) is 0. The molecule has 7 nitrogen and oxygen atoms in total. The van der Waals surface area contributed by atoms with Crippen LogP contribution in [0, 0.1) is 6.92 Å². The van der Waals surface area contributed by atoms with Gasteiger partial charge in [-0.15, -0.1) is 0 Å². The molecule has 0 aliphatic heterocycles. The number of aryl methyl sites for hydroxylation is 1. The molecule has 1 amide bonds. The molecule has 0 saturated carbocycles. The van der Waals surface area contributed by atoms with Crippen LogP contribution in [0.2, 0.25) is 0 Å². The number of pyridine rings is 1. The summed E-state index contributed by atoms with van der Waals surface area (Å²) in [4.78, 5) is 20.7. The van der Waals surface area contributed by atoms with Crippen molar-refractivity contribution < 1.29 is 9.53 Å². The summed E-state index contributed by atoms with van der Waals surface area (Å²) in [6, 6.07) is 9.69. The van der Waals surface area contributed by atoms with Crippen LogP contribution < -0.4 is 20.7 Å². The number of carbonyl (C=O) groups excluding carboxylic acids is 1. The maximum Gasteiger partial charge on any atom is 0.243 e. The number of hydrogen-bond acceptors (Lipinski definition) is 4. The molecule has 0 aliphatic carbocycles. The van der Waals surface area contributed by atoms with Gasteiger partial charge in [0.05, 0.1) is 31.1 Å². The van der Waals surface area contributed by atoms with Gasteiger partial charge in [0, 0.05) is 18.3 Å². The smallest absolute Gasteiger partial charge is 0.243 e. The van der Waals surface area contributed by atoms with Crippen molar-refractivity contribution in [2.24, 2.45) is 4.99 Å². The molecule has 2 aromatic rings. The third-order valence-electron chi connectivity index (χ3n) is 4.24. The number of nitrogens with one attached hydrogen (secondary N) is 3. The SMILES string of the molecule is CCNC(=NCc1ccc(C)cc1OC(C)CC)NCC(=O)Nc1cccnc1. The molecule has 29 heavy (non-hydrogen) atoms. The van der Waals surface area contributed by atoms with E-state index in [2.05, 4.69) is 45.8 Å². The Morgan fingerprint density at radius 1 is 1.24 bits per heavy atom. The van der Waals surface area contributed by atoms with E-state index in [1.807, 2.05) is 26.0 Å². The van der Waals surface area contributed by atoms with E-state index >= 15 is 0 Å². The second kappa shape index (κ2) is 11.7. The minimum atomic E-state index is -0.167. The van der Waals surface area contributed by atoms with Crippen molar-refractivity contribution in [3.8, 4) is 5.75 Å². The van der Waals surface area contributed by atoms with Gasteiger partial charge in [-0.05, 0) is 51.0 Å². The first-order valence-corrected chi connectivity index (χ1v) is 10.00. The number of aliphatic imine (C=N–C) groups is 1. The highest BCUT2D eigenvalue weighted by molar-refractivity contribution is 5.94. The lowest BCUT2D eigenvalue weighted by atomic mass is 10.1. The van der Waals surface area contributed by atoms with Crippen molar-refractivity contribution in [2.45, 2.75) is 46.8 Å². The van der Waals surface area contributed by atoms with Crippen LogP contribution in [0.25, 0.3) is 0 Å². The molecule has 0 spiro atoms. The maximum atomic E-state index is 12.1. The van der Waals surface area contributed by atoms with Crippen LogP contribution in [0.3, 0.4) is 0 Å². The van der Waals surface area contributed by atoms with Crippen molar-refractivity contribution in [1.82, 2.24) is 15.6 Å². The molecule has 0 radical (unpaired) electrons. The number of guanidine groups is 1. The number of anilines is 1. The van der Waals surface area contributed by atoms with E-state index in [-0.39, 0.29) is 18.6 Å². The van der Waals surface area contributed by atoms with Crippen molar-refractivity contribution in [2.75, 3.05) is 18.4 Å². The Labute approximate surface area is 173 Å². The highest BCUT2D eigenvalue weighted by atomic mass is 16.5. The number of amides is 1. The van der Waals surface area contributed by atoms with Crippen LogP contribution in [-0.2, 0) is 11.3 Å². The number of benzene rings is 1. The molecule has 1 atom stereocenters. The fraction of sp³-hybridized carbons (Fsp3) is 0.409. The van der Waals surface area contributed by atoms with Gasteiger partial charge in [-0.2, -0.15) is 0 Å². The molecule has 7 heteroatoms. The molecule has 0 fully saturated rings. The topological polar surface area (TPSA) is 87.6 Å². The van der Waals surface area contributed by atoms with Crippen LogP contribution in [0.15, 0.2) is 47.7 Å². The number of nitrogens with zero attached hydrogens (tertiary/aromatic N) is 2. The third-order valence-corrected chi connectivity index (χ3v) is 4.24. The number of carbonyl (C=O) groups is 1. The van der Waals surface area contributed by atoms with Gasteiger partial charge in [-0.1, -0.05) is 19.1 Å². The molecule has 1 unspecified atom stereocenters. The Balaban J connectivity index is 2.00. The molecule has 2 rings (SSSR count). The largest absolute Gasteiger partial charge is 0.490 e. The average molecular weight is 398 g/mol. The molecule has 0 bridgehead atoms. The summed E-state index contributed by atoms with van der Waals surface area (Å²) < 4.78 is 6.05. The van der Waals surface area contributed by atoms with Crippen molar-refractivity contribution in [1.29, 1.82) is 0 Å². The van der Waals surface area contributed by atoms with Crippen LogP contribution in [0.4, 0.5) is 5.69 Å². The summed E-state index contributed by atoms with van der Waals surface area (Å²) in [5.74, 6) is 1.26. The Bertz CT molecular complexity index is 808. The van der Waals surface area contributed by atoms with Crippen LogP contribution in [-0.4, -0.2) is 36.0 Å². The highest BCUT2D eigenvalue weighted by Crippen LogP contribution is 2.23. The summed E-state index contributed by atoms with van der Waals surface area (Å²) in [6.45, 7) is 9.43. The second-order valence-electron chi connectivity index (χ2n) is 6.79. The van der Waals surface area contributed by atoms with Crippen LogP contribution >= 0.6 is 0 Å². The lowest BCUT2D eigenvalue weighted by Gasteiger charge is -2.17. The average Bonchev–Trinajstić information content (AvgIpc) is 2.71. The fourth-order valence-electron chi connectivity index (χ4n) is 2.51. The van der Waals surface area contributed by atoms with E-state index in [0.29, 0.717) is 24.7 Å². The normalized spacial score (nSPS) is 12.2. The summed E-state index contributed by atoms with van der Waals surface area (Å²) in [6.07, 6.45) is 4.34. The number of rotatable bonds is 9. The quantitative estimate of drug-likeness (QED) is 0.447.